The third-order valence-corrected chi connectivity index (χ3v) is 3.51. The molecule has 0 atom stereocenters. The summed E-state index contributed by atoms with van der Waals surface area (Å²) < 4.78 is 2.31. The van der Waals surface area contributed by atoms with Crippen molar-refractivity contribution in [2.75, 3.05) is 0 Å². The van der Waals surface area contributed by atoms with Crippen LogP contribution in [0.25, 0.3) is 12.2 Å². The van der Waals surface area contributed by atoms with Gasteiger partial charge < -0.3 is 0 Å². The van der Waals surface area contributed by atoms with E-state index in [-0.39, 0.29) is 0 Å². The molecule has 0 fully saturated rings. The fraction of sp³-hybridized carbons (Fsp3) is 0.278. The van der Waals surface area contributed by atoms with Crippen molar-refractivity contribution in [2.45, 2.75) is 32.7 Å². The zero-order chi connectivity index (χ0) is 13.5. The molecule has 0 N–H and O–H groups in total. The van der Waals surface area contributed by atoms with Gasteiger partial charge in [-0.05, 0) is 11.1 Å². The second kappa shape index (κ2) is 6.89. The van der Waals surface area contributed by atoms with Gasteiger partial charge in [-0.3, -0.25) is 0 Å². The van der Waals surface area contributed by atoms with Crippen LogP contribution < -0.4 is 4.57 Å². The summed E-state index contributed by atoms with van der Waals surface area (Å²) in [5, 5.41) is 0. The Morgan fingerprint density at radius 2 is 1.37 bits per heavy atom. The molecule has 2 rings (SSSR count). The monoisotopic (exact) mass is 252 g/mol. The number of hydrogen-bond acceptors (Lipinski definition) is 0. The van der Waals surface area contributed by atoms with Crippen LogP contribution in [-0.2, 0) is 0 Å². The van der Waals surface area contributed by atoms with E-state index in [9.17, 15) is 0 Å². The third-order valence-electron chi connectivity index (χ3n) is 3.51. The van der Waals surface area contributed by atoms with E-state index in [0.717, 1.165) is 0 Å². The smallest absolute Gasteiger partial charge is 0.169 e. The zero-order valence-corrected chi connectivity index (χ0v) is 11.8. The van der Waals surface area contributed by atoms with Gasteiger partial charge in [0.2, 0.25) is 0 Å². The molecular formula is C18H22N+. The van der Waals surface area contributed by atoms with Gasteiger partial charge >= 0.3 is 0 Å². The lowest BCUT2D eigenvalue weighted by molar-refractivity contribution is -0.723. The number of benzene rings is 1. The van der Waals surface area contributed by atoms with Gasteiger partial charge in [0.25, 0.3) is 0 Å². The Balaban J connectivity index is 2.09. The van der Waals surface area contributed by atoms with Gasteiger partial charge in [0.05, 0.1) is 0 Å². The maximum atomic E-state index is 2.31. The molecule has 0 aliphatic rings. The van der Waals surface area contributed by atoms with Crippen LogP contribution in [0.1, 0.15) is 43.9 Å². The first-order chi connectivity index (χ1) is 9.33. The van der Waals surface area contributed by atoms with Gasteiger partial charge in [-0.2, -0.15) is 0 Å². The number of aromatic nitrogens is 1. The van der Waals surface area contributed by atoms with Crippen LogP contribution in [0.5, 0.6) is 0 Å². The molecule has 0 spiro atoms. The predicted molar refractivity (Wildman–Crippen MR) is 81.6 cm³/mol. The van der Waals surface area contributed by atoms with Gasteiger partial charge in [0.1, 0.15) is 0 Å². The molecule has 1 aromatic carbocycles. The van der Waals surface area contributed by atoms with E-state index >= 15 is 0 Å². The van der Waals surface area contributed by atoms with Gasteiger partial charge in [-0.1, -0.05) is 56.3 Å². The number of rotatable bonds is 5. The summed E-state index contributed by atoms with van der Waals surface area (Å²) in [6, 6.07) is 15.4. The maximum Gasteiger partial charge on any atom is 0.169 e. The van der Waals surface area contributed by atoms with Crippen LogP contribution in [0, 0.1) is 0 Å². The SMILES string of the molecule is CCC(CC)[n+]1ccc(C=Cc2ccccc2)cc1. The van der Waals surface area contributed by atoms with E-state index in [1.54, 1.807) is 0 Å². The minimum Gasteiger partial charge on any atom is -0.202 e. The fourth-order valence-corrected chi connectivity index (χ4v) is 2.27. The number of nitrogens with zero attached hydrogens (tertiary/aromatic N) is 1. The summed E-state index contributed by atoms with van der Waals surface area (Å²) in [5.74, 6) is 0. The number of pyridine rings is 1. The highest BCUT2D eigenvalue weighted by atomic mass is 15.0. The lowest BCUT2D eigenvalue weighted by atomic mass is 10.1. The molecule has 1 heteroatoms. The highest BCUT2D eigenvalue weighted by Gasteiger charge is 2.12. The Morgan fingerprint density at radius 3 is 1.89 bits per heavy atom. The Bertz CT molecular complexity index is 507. The molecule has 0 saturated carbocycles. The molecule has 0 saturated heterocycles. The molecule has 0 aliphatic carbocycles. The van der Waals surface area contributed by atoms with Crippen molar-refractivity contribution in [3.63, 3.8) is 0 Å². The highest BCUT2D eigenvalue weighted by Crippen LogP contribution is 2.09. The lowest BCUT2D eigenvalue weighted by Gasteiger charge is -2.06. The van der Waals surface area contributed by atoms with Crippen LogP contribution >= 0.6 is 0 Å². The topological polar surface area (TPSA) is 3.88 Å². The minimum atomic E-state index is 0.618. The molecule has 1 heterocycles. The first-order valence-electron chi connectivity index (χ1n) is 7.07. The van der Waals surface area contributed by atoms with Crippen molar-refractivity contribution in [3.05, 3.63) is 66.0 Å². The van der Waals surface area contributed by atoms with Crippen molar-refractivity contribution >= 4 is 12.2 Å². The summed E-state index contributed by atoms with van der Waals surface area (Å²) in [7, 11) is 0. The fourth-order valence-electron chi connectivity index (χ4n) is 2.27. The minimum absolute atomic E-state index is 0.618. The molecule has 98 valence electrons. The van der Waals surface area contributed by atoms with E-state index < -0.39 is 0 Å². The molecule has 0 radical (unpaired) electrons. The summed E-state index contributed by atoms with van der Waals surface area (Å²) in [5.41, 5.74) is 2.48. The summed E-state index contributed by atoms with van der Waals surface area (Å²) >= 11 is 0. The van der Waals surface area contributed by atoms with Crippen LogP contribution in [-0.4, -0.2) is 0 Å². The zero-order valence-electron chi connectivity index (χ0n) is 11.8. The molecule has 0 bridgehead atoms. The maximum absolute atomic E-state index is 2.31. The molecule has 0 unspecified atom stereocenters. The van der Waals surface area contributed by atoms with Crippen LogP contribution in [0.2, 0.25) is 0 Å². The van der Waals surface area contributed by atoms with Crippen LogP contribution in [0.3, 0.4) is 0 Å². The summed E-state index contributed by atoms with van der Waals surface area (Å²) in [4.78, 5) is 0. The Labute approximate surface area is 116 Å². The first-order valence-corrected chi connectivity index (χ1v) is 7.07. The van der Waals surface area contributed by atoms with Crippen molar-refractivity contribution in [3.8, 4) is 0 Å². The molecule has 0 amide bonds. The van der Waals surface area contributed by atoms with E-state index in [2.05, 4.69) is 79.4 Å². The lowest BCUT2D eigenvalue weighted by Crippen LogP contribution is -2.37. The standard InChI is InChI=1S/C18H22N/c1-3-18(4-2)19-14-12-17(13-15-19)11-10-16-8-6-5-7-9-16/h5-15,18H,3-4H2,1-2H3/q+1. The van der Waals surface area contributed by atoms with Gasteiger partial charge in [-0.25, -0.2) is 4.57 Å². The van der Waals surface area contributed by atoms with Crippen molar-refractivity contribution in [1.29, 1.82) is 0 Å². The largest absolute Gasteiger partial charge is 0.202 e. The molecule has 0 aliphatic heterocycles. The van der Waals surface area contributed by atoms with Crippen LogP contribution in [0.4, 0.5) is 0 Å². The predicted octanol–water partition coefficient (Wildman–Crippen LogP) is 4.51. The number of hydrogen-bond donors (Lipinski definition) is 0. The average Bonchev–Trinajstić information content (AvgIpc) is 2.49. The van der Waals surface area contributed by atoms with E-state index in [1.807, 2.05) is 6.07 Å². The second-order valence-corrected chi connectivity index (χ2v) is 4.79. The third kappa shape index (κ3) is 3.78. The van der Waals surface area contributed by atoms with Gasteiger partial charge in [0, 0.05) is 25.0 Å². The molecule has 2 aromatic rings. The quantitative estimate of drug-likeness (QED) is 0.690. The highest BCUT2D eigenvalue weighted by molar-refractivity contribution is 5.68. The van der Waals surface area contributed by atoms with Crippen LogP contribution in [0.15, 0.2) is 54.9 Å². The van der Waals surface area contributed by atoms with E-state index in [0.29, 0.717) is 6.04 Å². The Hall–Kier alpha value is -1.89. The Kier molecular flexibility index (Phi) is 4.91. The first kappa shape index (κ1) is 13.5. The summed E-state index contributed by atoms with van der Waals surface area (Å²) in [6.07, 6.45) is 11.0. The van der Waals surface area contributed by atoms with Gasteiger partial charge in [-0.15, -0.1) is 0 Å². The normalized spacial score (nSPS) is 11.3. The van der Waals surface area contributed by atoms with E-state index in [1.165, 1.54) is 24.0 Å². The van der Waals surface area contributed by atoms with E-state index in [4.69, 9.17) is 0 Å². The Morgan fingerprint density at radius 1 is 0.842 bits per heavy atom. The second-order valence-electron chi connectivity index (χ2n) is 4.79. The summed E-state index contributed by atoms with van der Waals surface area (Å²) in [6.45, 7) is 4.48. The molecule has 1 aromatic heterocycles. The molecular weight excluding hydrogens is 230 g/mol. The van der Waals surface area contributed by atoms with Gasteiger partial charge in [0.15, 0.2) is 18.4 Å². The molecule has 1 nitrogen and oxygen atoms in total. The average molecular weight is 252 g/mol. The van der Waals surface area contributed by atoms with Crippen molar-refractivity contribution in [1.82, 2.24) is 0 Å². The van der Waals surface area contributed by atoms with Crippen molar-refractivity contribution < 1.29 is 4.57 Å². The molecule has 19 heavy (non-hydrogen) atoms. The van der Waals surface area contributed by atoms with Crippen molar-refractivity contribution in [2.24, 2.45) is 0 Å².